The van der Waals surface area contributed by atoms with E-state index in [2.05, 4.69) is 4.98 Å². The quantitative estimate of drug-likeness (QED) is 0.683. The van der Waals surface area contributed by atoms with Gasteiger partial charge in [-0.1, -0.05) is 6.92 Å². The minimum atomic E-state index is -4.59. The van der Waals surface area contributed by atoms with Crippen LogP contribution in [0.2, 0.25) is 0 Å². The predicted molar refractivity (Wildman–Crippen MR) is 83.1 cm³/mol. The summed E-state index contributed by atoms with van der Waals surface area (Å²) in [5.41, 5.74) is -1.12. The molecule has 0 aliphatic heterocycles. The second-order valence-electron chi connectivity index (χ2n) is 5.47. The lowest BCUT2D eigenvalue weighted by Crippen LogP contribution is -2.38. The van der Waals surface area contributed by atoms with Crippen LogP contribution in [-0.4, -0.2) is 53.2 Å². The lowest BCUT2D eigenvalue weighted by atomic mass is 10.1. The molecule has 1 aromatic rings. The van der Waals surface area contributed by atoms with Crippen molar-refractivity contribution >= 4 is 11.9 Å². The van der Waals surface area contributed by atoms with Gasteiger partial charge in [-0.05, 0) is 25.5 Å². The van der Waals surface area contributed by atoms with Gasteiger partial charge in [-0.3, -0.25) is 14.6 Å². The van der Waals surface area contributed by atoms with Crippen molar-refractivity contribution in [1.29, 1.82) is 0 Å². The molecule has 9 heteroatoms. The van der Waals surface area contributed by atoms with E-state index in [0.29, 0.717) is 19.6 Å². The Kier molecular flexibility index (Phi) is 7.82. The van der Waals surface area contributed by atoms with Gasteiger partial charge < -0.3 is 14.7 Å². The summed E-state index contributed by atoms with van der Waals surface area (Å²) in [6.45, 7) is 4.37. The van der Waals surface area contributed by atoms with Gasteiger partial charge in [0.05, 0.1) is 11.5 Å². The first-order valence-corrected chi connectivity index (χ1v) is 7.79. The molecule has 1 unspecified atom stereocenters. The normalized spacial score (nSPS) is 12.7. The Morgan fingerprint density at radius 3 is 2.52 bits per heavy atom. The monoisotopic (exact) mass is 362 g/mol. The summed E-state index contributed by atoms with van der Waals surface area (Å²) in [6, 6.07) is 1.77. The molecule has 0 fully saturated rings. The first kappa shape index (κ1) is 20.9. The number of pyridine rings is 1. The summed E-state index contributed by atoms with van der Waals surface area (Å²) >= 11 is 0. The van der Waals surface area contributed by atoms with Crippen LogP contribution >= 0.6 is 0 Å². The van der Waals surface area contributed by atoms with Gasteiger partial charge in [0.25, 0.3) is 5.91 Å². The Morgan fingerprint density at radius 2 is 2.04 bits per heavy atom. The first-order valence-electron chi connectivity index (χ1n) is 7.79. The van der Waals surface area contributed by atoms with Gasteiger partial charge in [0.1, 0.15) is 5.69 Å². The molecule has 0 radical (unpaired) electrons. The number of rotatable bonds is 9. The average molecular weight is 362 g/mol. The lowest BCUT2D eigenvalue weighted by Gasteiger charge is -2.24. The maximum atomic E-state index is 12.5. The average Bonchev–Trinajstić information content (AvgIpc) is 2.56. The molecule has 0 aromatic carbocycles. The van der Waals surface area contributed by atoms with Crippen LogP contribution in [0.15, 0.2) is 18.3 Å². The molecule has 1 amide bonds. The zero-order chi connectivity index (χ0) is 19.0. The smallest absolute Gasteiger partial charge is 0.433 e. The van der Waals surface area contributed by atoms with Crippen LogP contribution < -0.4 is 0 Å². The van der Waals surface area contributed by atoms with E-state index in [-0.39, 0.29) is 18.7 Å². The molecule has 1 rings (SSSR count). The zero-order valence-corrected chi connectivity index (χ0v) is 14.0. The van der Waals surface area contributed by atoms with Crippen molar-refractivity contribution in [3.05, 3.63) is 29.6 Å². The highest BCUT2D eigenvalue weighted by atomic mass is 19.4. The number of carbonyl (C=O) groups excluding carboxylic acids is 1. The molecule has 1 heterocycles. The minimum absolute atomic E-state index is 0.0259. The van der Waals surface area contributed by atoms with Gasteiger partial charge in [0, 0.05) is 32.5 Å². The van der Waals surface area contributed by atoms with Crippen LogP contribution in [0.1, 0.15) is 36.3 Å². The molecule has 0 saturated heterocycles. The molecule has 0 bridgehead atoms. The summed E-state index contributed by atoms with van der Waals surface area (Å²) in [5.74, 6) is -2.43. The molecule has 140 valence electrons. The van der Waals surface area contributed by atoms with Gasteiger partial charge in [0.15, 0.2) is 0 Å². The molecule has 6 nitrogen and oxygen atoms in total. The molecule has 1 aromatic heterocycles. The molecule has 1 atom stereocenters. The summed E-state index contributed by atoms with van der Waals surface area (Å²) < 4.78 is 42.8. The minimum Gasteiger partial charge on any atom is -0.481 e. The third kappa shape index (κ3) is 6.69. The Labute approximate surface area is 143 Å². The third-order valence-corrected chi connectivity index (χ3v) is 3.42. The topological polar surface area (TPSA) is 79.7 Å². The fourth-order valence-electron chi connectivity index (χ4n) is 2.06. The number of carbonyl (C=O) groups is 2. The van der Waals surface area contributed by atoms with Gasteiger partial charge in [-0.2, -0.15) is 13.2 Å². The number of aromatic nitrogens is 1. The number of halogens is 3. The Balaban J connectivity index is 2.87. The van der Waals surface area contributed by atoms with Crippen molar-refractivity contribution in [1.82, 2.24) is 9.88 Å². The predicted octanol–water partition coefficient (Wildman–Crippen LogP) is 2.69. The van der Waals surface area contributed by atoms with Crippen molar-refractivity contribution < 1.29 is 32.6 Å². The second kappa shape index (κ2) is 9.36. The SMILES string of the molecule is CCOCCCN(CC(C)C(=O)O)C(=O)c1ccc(C(F)(F)F)nc1. The summed E-state index contributed by atoms with van der Waals surface area (Å²) in [4.78, 5) is 28.1. The fraction of sp³-hybridized carbons (Fsp3) is 0.562. The maximum absolute atomic E-state index is 12.5. The van der Waals surface area contributed by atoms with Crippen molar-refractivity contribution in [2.45, 2.75) is 26.4 Å². The van der Waals surface area contributed by atoms with Crippen LogP contribution in [0.3, 0.4) is 0 Å². The molecule has 1 N–H and O–H groups in total. The number of hydrogen-bond donors (Lipinski definition) is 1. The number of carboxylic acid groups (broad SMARTS) is 1. The maximum Gasteiger partial charge on any atom is 0.433 e. The molecular weight excluding hydrogens is 341 g/mol. The number of nitrogens with zero attached hydrogens (tertiary/aromatic N) is 2. The molecular formula is C16H21F3N2O4. The fourth-order valence-corrected chi connectivity index (χ4v) is 2.06. The van der Waals surface area contributed by atoms with Crippen molar-refractivity contribution in [3.63, 3.8) is 0 Å². The highest BCUT2D eigenvalue weighted by molar-refractivity contribution is 5.94. The Hall–Kier alpha value is -2.16. The largest absolute Gasteiger partial charge is 0.481 e. The van der Waals surface area contributed by atoms with E-state index in [1.54, 1.807) is 0 Å². The Morgan fingerprint density at radius 1 is 1.36 bits per heavy atom. The van der Waals surface area contributed by atoms with E-state index in [1.165, 1.54) is 11.8 Å². The zero-order valence-electron chi connectivity index (χ0n) is 14.0. The van der Waals surface area contributed by atoms with E-state index >= 15 is 0 Å². The second-order valence-corrected chi connectivity index (χ2v) is 5.47. The number of alkyl halides is 3. The summed E-state index contributed by atoms with van der Waals surface area (Å²) in [7, 11) is 0. The van der Waals surface area contributed by atoms with Crippen LogP contribution in [0.25, 0.3) is 0 Å². The highest BCUT2D eigenvalue weighted by Crippen LogP contribution is 2.27. The summed E-state index contributed by atoms with van der Waals surface area (Å²) in [5, 5.41) is 9.02. The number of aliphatic carboxylic acids is 1. The number of hydrogen-bond acceptors (Lipinski definition) is 4. The van der Waals surface area contributed by atoms with E-state index < -0.39 is 29.7 Å². The molecule has 0 saturated carbocycles. The number of carboxylic acids is 1. The third-order valence-electron chi connectivity index (χ3n) is 3.42. The number of ether oxygens (including phenoxy) is 1. The van der Waals surface area contributed by atoms with Gasteiger partial charge >= 0.3 is 12.1 Å². The molecule has 0 aliphatic rings. The van der Waals surface area contributed by atoms with Crippen LogP contribution in [-0.2, 0) is 15.7 Å². The number of amides is 1. The van der Waals surface area contributed by atoms with Crippen LogP contribution in [0, 0.1) is 5.92 Å². The van der Waals surface area contributed by atoms with Crippen molar-refractivity contribution in [2.75, 3.05) is 26.3 Å². The van der Waals surface area contributed by atoms with Crippen LogP contribution in [0.5, 0.6) is 0 Å². The van der Waals surface area contributed by atoms with E-state index in [1.807, 2.05) is 6.92 Å². The molecule has 0 spiro atoms. The van der Waals surface area contributed by atoms with Crippen molar-refractivity contribution in [2.24, 2.45) is 5.92 Å². The molecule has 0 aliphatic carbocycles. The first-order chi connectivity index (χ1) is 11.7. The van der Waals surface area contributed by atoms with Gasteiger partial charge in [0.2, 0.25) is 0 Å². The van der Waals surface area contributed by atoms with Gasteiger partial charge in [-0.15, -0.1) is 0 Å². The van der Waals surface area contributed by atoms with Crippen LogP contribution in [0.4, 0.5) is 13.2 Å². The van der Waals surface area contributed by atoms with E-state index in [0.717, 1.165) is 18.3 Å². The standard InChI is InChI=1S/C16H21F3N2O4/c1-3-25-8-4-7-21(10-11(2)15(23)24)14(22)12-5-6-13(20-9-12)16(17,18)19/h5-6,9,11H,3-4,7-8,10H2,1-2H3,(H,23,24). The van der Waals surface area contributed by atoms with Crippen molar-refractivity contribution in [3.8, 4) is 0 Å². The summed E-state index contributed by atoms with van der Waals surface area (Å²) in [6.07, 6.45) is -3.25. The highest BCUT2D eigenvalue weighted by Gasteiger charge is 2.32. The lowest BCUT2D eigenvalue weighted by molar-refractivity contribution is -0.142. The van der Waals surface area contributed by atoms with Gasteiger partial charge in [-0.25, -0.2) is 0 Å². The molecule has 25 heavy (non-hydrogen) atoms. The Bertz CT molecular complexity index is 576. The van der Waals surface area contributed by atoms with E-state index in [4.69, 9.17) is 9.84 Å². The van der Waals surface area contributed by atoms with E-state index in [9.17, 15) is 22.8 Å².